The molecule has 0 saturated carbocycles. The van der Waals surface area contributed by atoms with Crippen molar-refractivity contribution in [2.75, 3.05) is 53.0 Å². The molecule has 1 atom stereocenters. The van der Waals surface area contributed by atoms with Crippen molar-refractivity contribution >= 4 is 5.91 Å². The van der Waals surface area contributed by atoms with Crippen molar-refractivity contribution < 1.29 is 9.53 Å². The Labute approximate surface area is 90.4 Å². The SMILES string of the molecule is COCCN1CCN2C(=O)CNCC2C1. The third kappa shape index (κ3) is 2.48. The first-order valence-corrected chi connectivity index (χ1v) is 5.52. The Kier molecular flexibility index (Phi) is 3.56. The molecule has 5 nitrogen and oxygen atoms in total. The molecule has 2 aliphatic heterocycles. The van der Waals surface area contributed by atoms with Crippen molar-refractivity contribution in [2.45, 2.75) is 6.04 Å². The highest BCUT2D eigenvalue weighted by Gasteiger charge is 2.32. The topological polar surface area (TPSA) is 44.8 Å². The molecule has 0 aliphatic carbocycles. The van der Waals surface area contributed by atoms with E-state index in [1.54, 1.807) is 7.11 Å². The molecule has 0 aromatic rings. The van der Waals surface area contributed by atoms with Crippen LogP contribution >= 0.6 is 0 Å². The first kappa shape index (κ1) is 10.9. The molecule has 1 unspecified atom stereocenters. The summed E-state index contributed by atoms with van der Waals surface area (Å²) in [7, 11) is 1.72. The summed E-state index contributed by atoms with van der Waals surface area (Å²) in [5.74, 6) is 0.248. The van der Waals surface area contributed by atoms with Crippen LogP contribution in [0.15, 0.2) is 0 Å². The molecule has 2 fully saturated rings. The summed E-state index contributed by atoms with van der Waals surface area (Å²) in [6, 6.07) is 0.358. The number of carbonyl (C=O) groups is 1. The molecule has 15 heavy (non-hydrogen) atoms. The van der Waals surface area contributed by atoms with Gasteiger partial charge in [0.15, 0.2) is 0 Å². The highest BCUT2D eigenvalue weighted by Crippen LogP contribution is 2.11. The Bertz CT molecular complexity index is 235. The predicted octanol–water partition coefficient (Wildman–Crippen LogP) is -1.25. The van der Waals surface area contributed by atoms with Gasteiger partial charge in [0, 0.05) is 39.8 Å². The average molecular weight is 213 g/mol. The van der Waals surface area contributed by atoms with Gasteiger partial charge >= 0.3 is 0 Å². The van der Waals surface area contributed by atoms with Crippen molar-refractivity contribution in [1.82, 2.24) is 15.1 Å². The molecule has 2 rings (SSSR count). The molecule has 0 spiro atoms. The Balaban J connectivity index is 1.85. The lowest BCUT2D eigenvalue weighted by atomic mass is 10.1. The second-order valence-electron chi connectivity index (χ2n) is 4.17. The number of piperazine rings is 2. The number of hydrogen-bond donors (Lipinski definition) is 1. The zero-order chi connectivity index (χ0) is 10.7. The highest BCUT2D eigenvalue weighted by molar-refractivity contribution is 5.79. The summed E-state index contributed by atoms with van der Waals surface area (Å²) in [5, 5.41) is 3.16. The molecule has 0 aromatic carbocycles. The number of rotatable bonds is 3. The number of nitrogens with zero attached hydrogens (tertiary/aromatic N) is 2. The van der Waals surface area contributed by atoms with E-state index < -0.39 is 0 Å². The maximum absolute atomic E-state index is 11.6. The molecule has 1 amide bonds. The normalized spacial score (nSPS) is 27.9. The number of ether oxygens (including phenoxy) is 1. The second kappa shape index (κ2) is 4.92. The molecule has 1 N–H and O–H groups in total. The smallest absolute Gasteiger partial charge is 0.236 e. The molecule has 5 heteroatoms. The molecule has 0 bridgehead atoms. The van der Waals surface area contributed by atoms with E-state index in [0.29, 0.717) is 12.6 Å². The Hall–Kier alpha value is -0.650. The molecular formula is C10H19N3O2. The third-order valence-corrected chi connectivity index (χ3v) is 3.16. The van der Waals surface area contributed by atoms with Gasteiger partial charge in [-0.1, -0.05) is 0 Å². The number of nitrogens with one attached hydrogen (secondary N) is 1. The van der Waals surface area contributed by atoms with Crippen molar-refractivity contribution in [3.8, 4) is 0 Å². The zero-order valence-electron chi connectivity index (χ0n) is 9.24. The van der Waals surface area contributed by atoms with Crippen LogP contribution in [0.25, 0.3) is 0 Å². The molecule has 0 radical (unpaired) electrons. The van der Waals surface area contributed by atoms with E-state index in [1.165, 1.54) is 0 Å². The largest absolute Gasteiger partial charge is 0.383 e. The molecule has 2 saturated heterocycles. The van der Waals surface area contributed by atoms with Gasteiger partial charge in [-0.3, -0.25) is 9.69 Å². The van der Waals surface area contributed by atoms with Gasteiger partial charge in [-0.15, -0.1) is 0 Å². The molecule has 86 valence electrons. The second-order valence-corrected chi connectivity index (χ2v) is 4.17. The number of hydrogen-bond acceptors (Lipinski definition) is 4. The Morgan fingerprint density at radius 2 is 2.40 bits per heavy atom. The van der Waals surface area contributed by atoms with Crippen molar-refractivity contribution in [1.29, 1.82) is 0 Å². The molecular weight excluding hydrogens is 194 g/mol. The number of amides is 1. The summed E-state index contributed by atoms with van der Waals surface area (Å²) >= 11 is 0. The fourth-order valence-corrected chi connectivity index (χ4v) is 2.29. The van der Waals surface area contributed by atoms with E-state index >= 15 is 0 Å². The summed E-state index contributed by atoms with van der Waals surface area (Å²) in [5.41, 5.74) is 0. The van der Waals surface area contributed by atoms with Crippen LogP contribution in [0.1, 0.15) is 0 Å². The maximum atomic E-state index is 11.6. The van der Waals surface area contributed by atoms with E-state index in [-0.39, 0.29) is 5.91 Å². The van der Waals surface area contributed by atoms with Gasteiger partial charge in [0.2, 0.25) is 5.91 Å². The van der Waals surface area contributed by atoms with Gasteiger partial charge in [0.1, 0.15) is 0 Å². The molecule has 2 aliphatic rings. The minimum absolute atomic E-state index is 0.248. The Morgan fingerprint density at radius 1 is 1.53 bits per heavy atom. The third-order valence-electron chi connectivity index (χ3n) is 3.16. The standard InChI is InChI=1S/C10H19N3O2/c1-15-5-4-12-2-3-13-9(8-12)6-11-7-10(13)14/h9,11H,2-8H2,1H3. The van der Waals surface area contributed by atoms with E-state index in [0.717, 1.165) is 39.3 Å². The van der Waals surface area contributed by atoms with Crippen LogP contribution in [0.3, 0.4) is 0 Å². The number of methoxy groups -OCH3 is 1. The lowest BCUT2D eigenvalue weighted by molar-refractivity contribution is -0.137. The van der Waals surface area contributed by atoms with Gasteiger partial charge in [-0.25, -0.2) is 0 Å². The summed E-state index contributed by atoms with van der Waals surface area (Å²) < 4.78 is 5.06. The van der Waals surface area contributed by atoms with Gasteiger partial charge in [-0.05, 0) is 0 Å². The number of fused-ring (bicyclic) bond motifs is 1. The van der Waals surface area contributed by atoms with Crippen LogP contribution in [-0.2, 0) is 9.53 Å². The molecule has 0 aromatic heterocycles. The van der Waals surface area contributed by atoms with Crippen LogP contribution in [0.4, 0.5) is 0 Å². The summed E-state index contributed by atoms with van der Waals surface area (Å²) in [6.45, 7) is 6.00. The maximum Gasteiger partial charge on any atom is 0.236 e. The van der Waals surface area contributed by atoms with Gasteiger partial charge in [0.05, 0.1) is 19.2 Å². The summed E-state index contributed by atoms with van der Waals surface area (Å²) in [6.07, 6.45) is 0. The summed E-state index contributed by atoms with van der Waals surface area (Å²) in [4.78, 5) is 15.9. The monoisotopic (exact) mass is 213 g/mol. The van der Waals surface area contributed by atoms with E-state index in [9.17, 15) is 4.79 Å². The fraction of sp³-hybridized carbons (Fsp3) is 0.900. The predicted molar refractivity (Wildman–Crippen MR) is 56.7 cm³/mol. The highest BCUT2D eigenvalue weighted by atomic mass is 16.5. The first-order valence-electron chi connectivity index (χ1n) is 5.52. The molecule has 2 heterocycles. The van der Waals surface area contributed by atoms with Gasteiger partial charge in [-0.2, -0.15) is 0 Å². The Morgan fingerprint density at radius 3 is 3.20 bits per heavy atom. The first-order chi connectivity index (χ1) is 7.31. The minimum Gasteiger partial charge on any atom is -0.383 e. The van der Waals surface area contributed by atoms with E-state index in [2.05, 4.69) is 10.2 Å². The van der Waals surface area contributed by atoms with Crippen LogP contribution in [0.5, 0.6) is 0 Å². The number of carbonyl (C=O) groups excluding carboxylic acids is 1. The van der Waals surface area contributed by atoms with E-state index in [4.69, 9.17) is 4.74 Å². The minimum atomic E-state index is 0.248. The zero-order valence-corrected chi connectivity index (χ0v) is 9.24. The lowest BCUT2D eigenvalue weighted by Crippen LogP contribution is -2.63. The van der Waals surface area contributed by atoms with Crippen molar-refractivity contribution in [3.63, 3.8) is 0 Å². The van der Waals surface area contributed by atoms with Crippen LogP contribution < -0.4 is 5.32 Å². The van der Waals surface area contributed by atoms with Crippen LogP contribution in [0.2, 0.25) is 0 Å². The van der Waals surface area contributed by atoms with Crippen LogP contribution in [0, 0.1) is 0 Å². The fourth-order valence-electron chi connectivity index (χ4n) is 2.29. The van der Waals surface area contributed by atoms with Gasteiger partial charge in [0.25, 0.3) is 0 Å². The van der Waals surface area contributed by atoms with Crippen LogP contribution in [-0.4, -0.2) is 74.7 Å². The van der Waals surface area contributed by atoms with Crippen molar-refractivity contribution in [3.05, 3.63) is 0 Å². The quantitative estimate of drug-likeness (QED) is 0.636. The lowest BCUT2D eigenvalue weighted by Gasteiger charge is -2.44. The average Bonchev–Trinajstić information content (AvgIpc) is 2.26. The van der Waals surface area contributed by atoms with Gasteiger partial charge < -0.3 is 15.0 Å². The van der Waals surface area contributed by atoms with Crippen molar-refractivity contribution in [2.24, 2.45) is 0 Å². The van der Waals surface area contributed by atoms with E-state index in [1.807, 2.05) is 4.90 Å².